The molecule has 6 heteroatoms. The smallest absolute Gasteiger partial charge is 0.305 e. The Hall–Kier alpha value is -1.66. The molecule has 0 spiro atoms. The fourth-order valence-corrected chi connectivity index (χ4v) is 13.3. The molecule has 0 radical (unpaired) electrons. The molecule has 0 aromatic heterocycles. The van der Waals surface area contributed by atoms with Crippen LogP contribution in [0.4, 0.5) is 0 Å². The van der Waals surface area contributed by atoms with Crippen molar-refractivity contribution >= 4 is 11.9 Å². The van der Waals surface area contributed by atoms with E-state index < -0.39 is 12.1 Å². The maximum absolute atomic E-state index is 12.6. The van der Waals surface area contributed by atoms with Gasteiger partial charge in [0.15, 0.2) is 0 Å². The van der Waals surface area contributed by atoms with Gasteiger partial charge in [-0.2, -0.15) is 0 Å². The first-order chi connectivity index (χ1) is 44.0. The van der Waals surface area contributed by atoms with Gasteiger partial charge in [0.1, 0.15) is 0 Å². The van der Waals surface area contributed by atoms with E-state index in [0.29, 0.717) is 25.9 Å². The van der Waals surface area contributed by atoms with Crippen LogP contribution in [-0.2, 0) is 14.3 Å². The van der Waals surface area contributed by atoms with Gasteiger partial charge in [0.05, 0.1) is 25.4 Å². The minimum absolute atomic E-state index is 0.0219. The topological polar surface area (TPSA) is 95.9 Å². The van der Waals surface area contributed by atoms with E-state index in [2.05, 4.69) is 43.5 Å². The van der Waals surface area contributed by atoms with Gasteiger partial charge in [-0.3, -0.25) is 9.59 Å². The van der Waals surface area contributed by atoms with E-state index in [1.54, 1.807) is 0 Å². The van der Waals surface area contributed by atoms with Crippen molar-refractivity contribution in [1.29, 1.82) is 0 Å². The van der Waals surface area contributed by atoms with Crippen molar-refractivity contribution in [3.63, 3.8) is 0 Å². The van der Waals surface area contributed by atoms with E-state index in [1.807, 2.05) is 0 Å². The molecule has 0 saturated carbocycles. The second kappa shape index (κ2) is 78.8. The summed E-state index contributed by atoms with van der Waals surface area (Å²) >= 11 is 0. The second-order valence-electron chi connectivity index (χ2n) is 28.5. The number of ether oxygens (including phenoxy) is 1. The zero-order chi connectivity index (χ0) is 64.2. The average Bonchev–Trinajstić information content (AvgIpc) is 3.60. The fraction of sp³-hybridized carbons (Fsp3) is 0.928. The summed E-state index contributed by atoms with van der Waals surface area (Å²) in [5.41, 5.74) is 0. The molecule has 528 valence electrons. The molecular weight excluding hydrogens is 1090 g/mol. The first-order valence-corrected chi connectivity index (χ1v) is 41.1. The highest BCUT2D eigenvalue weighted by atomic mass is 16.5. The van der Waals surface area contributed by atoms with E-state index in [0.717, 1.165) is 44.9 Å². The Balaban J connectivity index is 3.35. The number of esters is 1. The van der Waals surface area contributed by atoms with Crippen LogP contribution >= 0.6 is 0 Å². The lowest BCUT2D eigenvalue weighted by Crippen LogP contribution is -2.45. The quantitative estimate of drug-likeness (QED) is 0.0320. The van der Waals surface area contributed by atoms with Crippen molar-refractivity contribution in [2.24, 2.45) is 0 Å². The number of allylic oxidation sites excluding steroid dienone is 4. The molecular formula is C83H161NO5. The van der Waals surface area contributed by atoms with Crippen molar-refractivity contribution in [3.05, 3.63) is 24.3 Å². The average molecular weight is 1250 g/mol. The molecule has 0 heterocycles. The summed E-state index contributed by atoms with van der Waals surface area (Å²) in [6, 6.07) is -0.540. The highest BCUT2D eigenvalue weighted by molar-refractivity contribution is 5.76. The molecule has 0 fully saturated rings. The number of carbonyl (C=O) groups is 2. The van der Waals surface area contributed by atoms with Crippen molar-refractivity contribution in [2.45, 2.75) is 482 Å². The lowest BCUT2D eigenvalue weighted by atomic mass is 10.0. The van der Waals surface area contributed by atoms with Gasteiger partial charge >= 0.3 is 5.97 Å². The minimum atomic E-state index is -0.663. The highest BCUT2D eigenvalue weighted by Gasteiger charge is 2.20. The normalized spacial score (nSPS) is 12.5. The van der Waals surface area contributed by atoms with E-state index in [4.69, 9.17) is 4.74 Å². The Morgan fingerprint density at radius 2 is 0.562 bits per heavy atom. The number of aliphatic hydroxyl groups is 2. The number of aliphatic hydroxyl groups excluding tert-OH is 2. The molecule has 0 rings (SSSR count). The lowest BCUT2D eigenvalue weighted by molar-refractivity contribution is -0.143. The molecule has 2 unspecified atom stereocenters. The van der Waals surface area contributed by atoms with Crippen LogP contribution in [0.25, 0.3) is 0 Å². The summed E-state index contributed by atoms with van der Waals surface area (Å²) < 4.78 is 5.49. The Morgan fingerprint density at radius 3 is 0.854 bits per heavy atom. The van der Waals surface area contributed by atoms with E-state index >= 15 is 0 Å². The van der Waals surface area contributed by atoms with Crippen LogP contribution in [-0.4, -0.2) is 47.4 Å². The van der Waals surface area contributed by atoms with Gasteiger partial charge in [0.25, 0.3) is 0 Å². The third-order valence-electron chi connectivity index (χ3n) is 19.5. The molecule has 0 aromatic carbocycles. The SMILES string of the molecule is CCCCCCCCCCCCCCCCCCCCCCCC(O)C(CO)NC(=O)CCCCCCCCCCCCCCCCCCC/C=C\C/C=C\CCCCCCCCCCCCCCCCCOC(=O)CCCCCCCCCCCCCC. The van der Waals surface area contributed by atoms with Gasteiger partial charge in [0.2, 0.25) is 5.91 Å². The third-order valence-corrected chi connectivity index (χ3v) is 19.5. The third kappa shape index (κ3) is 75.3. The summed E-state index contributed by atoms with van der Waals surface area (Å²) in [7, 11) is 0. The number of nitrogens with one attached hydrogen (secondary N) is 1. The summed E-state index contributed by atoms with van der Waals surface area (Å²) in [5, 5.41) is 23.5. The number of unbranched alkanes of at least 4 members (excludes halogenated alkanes) is 63. The molecule has 0 aliphatic carbocycles. The number of rotatable bonds is 78. The van der Waals surface area contributed by atoms with Crippen LogP contribution in [0.3, 0.4) is 0 Å². The van der Waals surface area contributed by atoms with E-state index in [9.17, 15) is 19.8 Å². The molecule has 3 N–H and O–H groups in total. The zero-order valence-corrected chi connectivity index (χ0v) is 60.7. The molecule has 1 amide bonds. The zero-order valence-electron chi connectivity index (χ0n) is 60.7. The van der Waals surface area contributed by atoms with Crippen molar-refractivity contribution in [1.82, 2.24) is 5.32 Å². The first-order valence-electron chi connectivity index (χ1n) is 41.1. The Bertz CT molecular complexity index is 1400. The molecule has 6 nitrogen and oxygen atoms in total. The van der Waals surface area contributed by atoms with Gasteiger partial charge in [-0.1, -0.05) is 423 Å². The highest BCUT2D eigenvalue weighted by Crippen LogP contribution is 2.20. The Kier molecular flexibility index (Phi) is 77.3. The molecule has 89 heavy (non-hydrogen) atoms. The largest absolute Gasteiger partial charge is 0.466 e. The number of carbonyl (C=O) groups excluding carboxylic acids is 2. The van der Waals surface area contributed by atoms with E-state index in [1.165, 1.54) is 392 Å². The summed E-state index contributed by atoms with van der Waals surface area (Å²) in [6.07, 6.45) is 101. The van der Waals surface area contributed by atoms with Crippen LogP contribution in [0.5, 0.6) is 0 Å². The summed E-state index contributed by atoms with van der Waals surface area (Å²) in [5.74, 6) is -0.00445. The molecule has 0 aliphatic heterocycles. The minimum Gasteiger partial charge on any atom is -0.466 e. The van der Waals surface area contributed by atoms with Gasteiger partial charge in [0, 0.05) is 12.8 Å². The lowest BCUT2D eigenvalue weighted by Gasteiger charge is -2.22. The number of hydrogen-bond donors (Lipinski definition) is 3. The molecule has 0 aliphatic rings. The van der Waals surface area contributed by atoms with Crippen molar-refractivity contribution < 1.29 is 24.5 Å². The molecule has 0 saturated heterocycles. The van der Waals surface area contributed by atoms with Gasteiger partial charge in [-0.25, -0.2) is 0 Å². The number of amides is 1. The van der Waals surface area contributed by atoms with Gasteiger partial charge in [-0.05, 0) is 57.8 Å². The van der Waals surface area contributed by atoms with Gasteiger partial charge in [-0.15, -0.1) is 0 Å². The maximum Gasteiger partial charge on any atom is 0.305 e. The monoisotopic (exact) mass is 1250 g/mol. The predicted octanol–water partition coefficient (Wildman–Crippen LogP) is 27.2. The van der Waals surface area contributed by atoms with Gasteiger partial charge < -0.3 is 20.3 Å². The van der Waals surface area contributed by atoms with Crippen molar-refractivity contribution in [3.8, 4) is 0 Å². The Labute approximate surface area is 558 Å². The van der Waals surface area contributed by atoms with Crippen molar-refractivity contribution in [2.75, 3.05) is 13.2 Å². The molecule has 0 aromatic rings. The molecule has 2 atom stereocenters. The molecule has 0 bridgehead atoms. The Morgan fingerprint density at radius 1 is 0.315 bits per heavy atom. The van der Waals surface area contributed by atoms with Crippen LogP contribution in [0.15, 0.2) is 24.3 Å². The first kappa shape index (κ1) is 87.3. The standard InChI is InChI=1S/C83H161NO5/c1-3-5-7-9-11-13-15-17-18-19-20-40-43-46-49-52-55-59-63-67-71-75-81(86)80(79-85)84-82(87)76-72-68-64-60-56-53-50-47-44-41-38-36-34-32-30-28-26-24-22-21-23-25-27-29-31-33-35-37-39-42-45-48-51-54-58-62-66-70-74-78-89-83(88)77-73-69-65-61-57-16-14-12-10-8-6-4-2/h21-22,25,27,80-81,85-86H,3-20,23-24,26,28-79H2,1-2H3,(H,84,87)/b22-21-,27-25-. The summed E-state index contributed by atoms with van der Waals surface area (Å²) in [4.78, 5) is 24.6. The van der Waals surface area contributed by atoms with E-state index in [-0.39, 0.29) is 18.5 Å². The fourth-order valence-electron chi connectivity index (χ4n) is 13.3. The predicted molar refractivity (Wildman–Crippen MR) is 393 cm³/mol. The van der Waals surface area contributed by atoms with Crippen LogP contribution in [0.2, 0.25) is 0 Å². The van der Waals surface area contributed by atoms with Crippen LogP contribution < -0.4 is 5.32 Å². The van der Waals surface area contributed by atoms with Crippen LogP contribution in [0.1, 0.15) is 470 Å². The summed E-state index contributed by atoms with van der Waals surface area (Å²) in [6.45, 7) is 5.01. The maximum atomic E-state index is 12.6. The number of hydrogen-bond acceptors (Lipinski definition) is 5. The second-order valence-corrected chi connectivity index (χ2v) is 28.5. The van der Waals surface area contributed by atoms with Crippen LogP contribution in [0, 0.1) is 0 Å².